The van der Waals surface area contributed by atoms with Gasteiger partial charge in [-0.15, -0.1) is 0 Å². The quantitative estimate of drug-likeness (QED) is 0.815. The Bertz CT molecular complexity index is 756. The average molecular weight is 321 g/mol. The molecule has 0 heterocycles. The number of benzene rings is 2. The van der Waals surface area contributed by atoms with Crippen molar-refractivity contribution in [3.8, 4) is 0 Å². The minimum absolute atomic E-state index is 0.832. The average Bonchev–Trinajstić information content (AvgIpc) is 2.55. The first-order valence-corrected chi connectivity index (χ1v) is 7.89. The third-order valence-electron chi connectivity index (χ3n) is 3.64. The molecule has 1 N–H and O–H groups in total. The minimum Gasteiger partial charge on any atom is -0.478 e. The molecule has 0 saturated heterocycles. The van der Waals surface area contributed by atoms with E-state index in [2.05, 4.69) is 48.2 Å². The molecule has 2 aromatic carbocycles. The van der Waals surface area contributed by atoms with Crippen molar-refractivity contribution in [3.63, 3.8) is 0 Å². The fourth-order valence-electron chi connectivity index (χ4n) is 2.39. The highest BCUT2D eigenvalue weighted by atomic mass is 16.4. The van der Waals surface area contributed by atoms with Gasteiger partial charge < -0.3 is 10.0 Å². The van der Waals surface area contributed by atoms with Crippen LogP contribution in [0.3, 0.4) is 0 Å². The van der Waals surface area contributed by atoms with Crippen LogP contribution in [0.4, 0.5) is 0 Å². The lowest BCUT2D eigenvalue weighted by Crippen LogP contribution is -2.11. The Balaban J connectivity index is 2.43. The monoisotopic (exact) mass is 321 g/mol. The molecule has 0 saturated carbocycles. The molecule has 24 heavy (non-hydrogen) atoms. The highest BCUT2D eigenvalue weighted by Crippen LogP contribution is 2.25. The minimum atomic E-state index is -0.942. The smallest absolute Gasteiger partial charge is 0.328 e. The van der Waals surface area contributed by atoms with Crippen LogP contribution < -0.4 is 0 Å². The second kappa shape index (κ2) is 8.27. The summed E-state index contributed by atoms with van der Waals surface area (Å²) in [4.78, 5) is 12.8. The number of aryl methyl sites for hydroxylation is 1. The first-order chi connectivity index (χ1) is 11.5. The van der Waals surface area contributed by atoms with Gasteiger partial charge >= 0.3 is 5.97 Å². The molecule has 0 spiro atoms. The summed E-state index contributed by atoms with van der Waals surface area (Å²) in [5.41, 5.74) is 5.48. The zero-order chi connectivity index (χ0) is 17.5. The molecule has 2 aromatic rings. The van der Waals surface area contributed by atoms with Crippen molar-refractivity contribution in [2.75, 3.05) is 20.6 Å². The molecule has 0 bridgehead atoms. The summed E-state index contributed by atoms with van der Waals surface area (Å²) in [6.07, 6.45) is 4.98. The summed E-state index contributed by atoms with van der Waals surface area (Å²) in [6, 6.07) is 16.4. The predicted molar refractivity (Wildman–Crippen MR) is 99.9 cm³/mol. The van der Waals surface area contributed by atoms with Gasteiger partial charge in [-0.3, -0.25) is 0 Å². The number of likely N-dealkylation sites (N-methyl/N-ethyl adjacent to an activating group) is 1. The van der Waals surface area contributed by atoms with Crippen LogP contribution in [0.25, 0.3) is 11.6 Å². The van der Waals surface area contributed by atoms with E-state index in [1.54, 1.807) is 6.08 Å². The molecule has 0 fully saturated rings. The van der Waals surface area contributed by atoms with Gasteiger partial charge in [0.15, 0.2) is 0 Å². The Hall–Kier alpha value is -2.65. The first kappa shape index (κ1) is 17.7. The van der Waals surface area contributed by atoms with E-state index in [1.807, 2.05) is 32.3 Å². The van der Waals surface area contributed by atoms with Crippen molar-refractivity contribution in [1.82, 2.24) is 4.90 Å². The normalized spacial score (nSPS) is 12.1. The van der Waals surface area contributed by atoms with E-state index < -0.39 is 5.97 Å². The third-order valence-corrected chi connectivity index (χ3v) is 3.64. The largest absolute Gasteiger partial charge is 0.478 e. The van der Waals surface area contributed by atoms with Gasteiger partial charge in [0.05, 0.1) is 0 Å². The summed E-state index contributed by atoms with van der Waals surface area (Å²) in [5, 5.41) is 8.80. The molecule has 0 aliphatic heterocycles. The fraction of sp³-hybridized carbons (Fsp3) is 0.190. The lowest BCUT2D eigenvalue weighted by Gasteiger charge is -2.12. The molecule has 3 nitrogen and oxygen atoms in total. The van der Waals surface area contributed by atoms with Crippen molar-refractivity contribution in [2.45, 2.75) is 6.92 Å². The van der Waals surface area contributed by atoms with Gasteiger partial charge in [0, 0.05) is 12.6 Å². The van der Waals surface area contributed by atoms with Crippen LogP contribution in [-0.4, -0.2) is 36.6 Å². The lowest BCUT2D eigenvalue weighted by molar-refractivity contribution is -0.131. The molecule has 0 aliphatic rings. The second-order valence-corrected chi connectivity index (χ2v) is 6.04. The lowest BCUT2D eigenvalue weighted by atomic mass is 9.95. The number of rotatable bonds is 6. The van der Waals surface area contributed by atoms with Gasteiger partial charge in [-0.05, 0) is 55.4 Å². The molecule has 2 rings (SSSR count). The van der Waals surface area contributed by atoms with Crippen LogP contribution >= 0.6 is 0 Å². The molecule has 0 aromatic heterocycles. The number of hydrogen-bond acceptors (Lipinski definition) is 2. The van der Waals surface area contributed by atoms with Crippen LogP contribution in [0.1, 0.15) is 22.3 Å². The van der Waals surface area contributed by atoms with Gasteiger partial charge in [0.1, 0.15) is 0 Å². The van der Waals surface area contributed by atoms with Crippen molar-refractivity contribution in [1.29, 1.82) is 0 Å². The van der Waals surface area contributed by atoms with E-state index in [-0.39, 0.29) is 0 Å². The van der Waals surface area contributed by atoms with E-state index in [0.29, 0.717) is 0 Å². The number of aliphatic carboxylic acids is 1. The number of nitrogens with zero attached hydrogens (tertiary/aromatic N) is 1. The van der Waals surface area contributed by atoms with Gasteiger partial charge in [0.25, 0.3) is 0 Å². The number of carbonyl (C=O) groups is 1. The van der Waals surface area contributed by atoms with E-state index in [9.17, 15) is 4.79 Å². The van der Waals surface area contributed by atoms with Gasteiger partial charge in [0.2, 0.25) is 0 Å². The molecule has 3 heteroatoms. The molecule has 124 valence electrons. The number of carboxylic acid groups (broad SMARTS) is 1. The summed E-state index contributed by atoms with van der Waals surface area (Å²) in [7, 11) is 4.07. The summed E-state index contributed by atoms with van der Waals surface area (Å²) < 4.78 is 0. The third kappa shape index (κ3) is 5.21. The highest BCUT2D eigenvalue weighted by Gasteiger charge is 2.06. The Kier molecular flexibility index (Phi) is 6.10. The first-order valence-electron chi connectivity index (χ1n) is 7.89. The summed E-state index contributed by atoms with van der Waals surface area (Å²) >= 11 is 0. The van der Waals surface area contributed by atoms with Crippen LogP contribution in [0.15, 0.2) is 60.7 Å². The van der Waals surface area contributed by atoms with Crippen LogP contribution in [-0.2, 0) is 4.79 Å². The molecule has 0 aliphatic carbocycles. The maximum atomic E-state index is 10.7. The zero-order valence-electron chi connectivity index (χ0n) is 14.4. The summed E-state index contributed by atoms with van der Waals surface area (Å²) in [6.45, 7) is 2.91. The molecular weight excluding hydrogens is 298 g/mol. The highest BCUT2D eigenvalue weighted by molar-refractivity contribution is 5.86. The van der Waals surface area contributed by atoms with Gasteiger partial charge in [-0.1, -0.05) is 54.1 Å². The second-order valence-electron chi connectivity index (χ2n) is 6.04. The van der Waals surface area contributed by atoms with Crippen molar-refractivity contribution in [3.05, 3.63) is 82.9 Å². The molecule has 0 atom stereocenters. The molecule has 0 radical (unpaired) electrons. The standard InChI is InChI=1S/C21H23NO2/c1-16-7-10-18(11-8-16)20(13-14-22(2)3)19-6-4-5-17(15-19)9-12-21(23)24/h4-13,15H,14H2,1-3H3,(H,23,24)/b12-9+,20-13-. The van der Waals surface area contributed by atoms with E-state index in [4.69, 9.17) is 5.11 Å². The Morgan fingerprint density at radius 3 is 2.42 bits per heavy atom. The van der Waals surface area contributed by atoms with Crippen LogP contribution in [0, 0.1) is 6.92 Å². The van der Waals surface area contributed by atoms with Crippen molar-refractivity contribution >= 4 is 17.6 Å². The Morgan fingerprint density at radius 2 is 1.79 bits per heavy atom. The fourth-order valence-corrected chi connectivity index (χ4v) is 2.39. The maximum absolute atomic E-state index is 10.7. The van der Waals surface area contributed by atoms with Gasteiger partial charge in [-0.25, -0.2) is 4.79 Å². The topological polar surface area (TPSA) is 40.5 Å². The van der Waals surface area contributed by atoms with Crippen LogP contribution in [0.2, 0.25) is 0 Å². The van der Waals surface area contributed by atoms with E-state index in [0.717, 1.165) is 34.9 Å². The molecular formula is C21H23NO2. The molecule has 0 unspecified atom stereocenters. The zero-order valence-corrected chi connectivity index (χ0v) is 14.4. The Morgan fingerprint density at radius 1 is 1.08 bits per heavy atom. The van der Waals surface area contributed by atoms with E-state index >= 15 is 0 Å². The van der Waals surface area contributed by atoms with Crippen molar-refractivity contribution < 1.29 is 9.90 Å². The van der Waals surface area contributed by atoms with E-state index in [1.165, 1.54) is 5.56 Å². The Labute approximate surface area is 143 Å². The molecule has 0 amide bonds. The number of hydrogen-bond donors (Lipinski definition) is 1. The maximum Gasteiger partial charge on any atom is 0.328 e. The van der Waals surface area contributed by atoms with Crippen molar-refractivity contribution in [2.24, 2.45) is 0 Å². The van der Waals surface area contributed by atoms with Gasteiger partial charge in [-0.2, -0.15) is 0 Å². The SMILES string of the molecule is Cc1ccc(/C(=C/CN(C)C)c2cccc(/C=C/C(=O)O)c2)cc1. The van der Waals surface area contributed by atoms with Crippen LogP contribution in [0.5, 0.6) is 0 Å². The summed E-state index contributed by atoms with van der Waals surface area (Å²) in [5.74, 6) is -0.942. The predicted octanol–water partition coefficient (Wildman–Crippen LogP) is 4.09. The number of carboxylic acids is 1.